The Balaban J connectivity index is 2.12. The third-order valence-corrected chi connectivity index (χ3v) is 3.48. The van der Waals surface area contributed by atoms with Crippen LogP contribution in [-0.4, -0.2) is 19.2 Å². The van der Waals surface area contributed by atoms with E-state index < -0.39 is 0 Å². The average molecular weight is 219 g/mol. The minimum Gasteiger partial charge on any atom is -0.496 e. The molecule has 1 aromatic rings. The monoisotopic (exact) mass is 219 g/mol. The predicted octanol–water partition coefficient (Wildman–Crippen LogP) is 2.77. The Bertz CT molecular complexity index is 342. The van der Waals surface area contributed by atoms with Crippen LogP contribution in [-0.2, 0) is 6.42 Å². The zero-order chi connectivity index (χ0) is 11.4. The highest BCUT2D eigenvalue weighted by Gasteiger charge is 2.27. The normalized spacial score (nSPS) is 25.4. The molecule has 2 nitrogen and oxygen atoms in total. The Labute approximate surface area is 98.0 Å². The van der Waals surface area contributed by atoms with E-state index in [9.17, 15) is 0 Å². The highest BCUT2D eigenvalue weighted by molar-refractivity contribution is 5.34. The smallest absolute Gasteiger partial charge is 0.122 e. The predicted molar refractivity (Wildman–Crippen MR) is 67.0 cm³/mol. The number of benzene rings is 1. The van der Waals surface area contributed by atoms with Crippen molar-refractivity contribution in [2.45, 2.75) is 38.1 Å². The molecule has 1 unspecified atom stereocenters. The van der Waals surface area contributed by atoms with Gasteiger partial charge < -0.3 is 10.1 Å². The molecule has 0 aromatic heterocycles. The summed E-state index contributed by atoms with van der Waals surface area (Å²) in [6.07, 6.45) is 4.95. The van der Waals surface area contributed by atoms with E-state index in [1.165, 1.54) is 24.8 Å². The number of hydrogen-bond acceptors (Lipinski definition) is 2. The van der Waals surface area contributed by atoms with Gasteiger partial charge in [-0.15, -0.1) is 0 Å². The molecule has 1 saturated heterocycles. The molecule has 1 aromatic carbocycles. The van der Waals surface area contributed by atoms with Crippen LogP contribution in [0.3, 0.4) is 0 Å². The molecule has 0 amide bonds. The lowest BCUT2D eigenvalue weighted by molar-refractivity contribution is 0.273. The van der Waals surface area contributed by atoms with Gasteiger partial charge in [-0.2, -0.15) is 0 Å². The molecule has 1 atom stereocenters. The molecular formula is C14H21NO. The Morgan fingerprint density at radius 2 is 2.12 bits per heavy atom. The van der Waals surface area contributed by atoms with Crippen LogP contribution in [0.1, 0.15) is 31.7 Å². The summed E-state index contributed by atoms with van der Waals surface area (Å²) in [6.45, 7) is 3.46. The van der Waals surface area contributed by atoms with E-state index in [0.29, 0.717) is 0 Å². The largest absolute Gasteiger partial charge is 0.496 e. The molecular weight excluding hydrogens is 198 g/mol. The SMILES string of the molecule is COc1ccccc1CC1(C)CCCCN1. The van der Waals surface area contributed by atoms with Crippen LogP contribution in [0.2, 0.25) is 0 Å². The third-order valence-electron chi connectivity index (χ3n) is 3.48. The minimum atomic E-state index is 0.243. The number of piperidine rings is 1. The van der Waals surface area contributed by atoms with Gasteiger partial charge in [-0.1, -0.05) is 24.6 Å². The molecule has 1 heterocycles. The van der Waals surface area contributed by atoms with Gasteiger partial charge in [-0.05, 0) is 44.4 Å². The number of ether oxygens (including phenoxy) is 1. The first-order chi connectivity index (χ1) is 7.73. The van der Waals surface area contributed by atoms with Crippen LogP contribution in [0.4, 0.5) is 0 Å². The second-order valence-corrected chi connectivity index (χ2v) is 4.93. The molecule has 0 radical (unpaired) electrons. The van der Waals surface area contributed by atoms with Gasteiger partial charge in [0.15, 0.2) is 0 Å². The first kappa shape index (κ1) is 11.5. The van der Waals surface area contributed by atoms with Crippen LogP contribution >= 0.6 is 0 Å². The second-order valence-electron chi connectivity index (χ2n) is 4.93. The Morgan fingerprint density at radius 3 is 2.81 bits per heavy atom. The van der Waals surface area contributed by atoms with Gasteiger partial charge in [-0.3, -0.25) is 0 Å². The van der Waals surface area contributed by atoms with Crippen molar-refractivity contribution >= 4 is 0 Å². The number of nitrogens with one attached hydrogen (secondary N) is 1. The second kappa shape index (κ2) is 4.88. The van der Waals surface area contributed by atoms with Crippen molar-refractivity contribution in [2.24, 2.45) is 0 Å². The Kier molecular flexibility index (Phi) is 3.49. The van der Waals surface area contributed by atoms with E-state index in [2.05, 4.69) is 24.4 Å². The molecule has 0 bridgehead atoms. The molecule has 0 spiro atoms. The van der Waals surface area contributed by atoms with E-state index in [1.54, 1.807) is 7.11 Å². The van der Waals surface area contributed by atoms with E-state index >= 15 is 0 Å². The summed E-state index contributed by atoms with van der Waals surface area (Å²) in [5.41, 5.74) is 1.55. The first-order valence-electron chi connectivity index (χ1n) is 6.10. The van der Waals surface area contributed by atoms with E-state index in [1.807, 2.05) is 12.1 Å². The minimum absolute atomic E-state index is 0.243. The summed E-state index contributed by atoms with van der Waals surface area (Å²) in [5, 5.41) is 3.64. The molecule has 1 N–H and O–H groups in total. The standard InChI is InChI=1S/C14H21NO/c1-14(9-5-6-10-15-14)11-12-7-3-4-8-13(12)16-2/h3-4,7-8,15H,5-6,9-11H2,1-2H3. The highest BCUT2D eigenvalue weighted by atomic mass is 16.5. The van der Waals surface area contributed by atoms with Crippen molar-refractivity contribution in [3.8, 4) is 5.75 Å². The summed E-state index contributed by atoms with van der Waals surface area (Å²) in [6, 6.07) is 8.32. The lowest BCUT2D eigenvalue weighted by atomic mass is 9.85. The molecule has 2 heteroatoms. The average Bonchev–Trinajstić information content (AvgIpc) is 2.30. The lowest BCUT2D eigenvalue weighted by Crippen LogP contribution is -2.47. The van der Waals surface area contributed by atoms with Gasteiger partial charge in [0.25, 0.3) is 0 Å². The molecule has 1 aliphatic heterocycles. The maximum atomic E-state index is 5.40. The van der Waals surface area contributed by atoms with Gasteiger partial charge in [-0.25, -0.2) is 0 Å². The van der Waals surface area contributed by atoms with Crippen molar-refractivity contribution in [3.05, 3.63) is 29.8 Å². The third kappa shape index (κ3) is 2.56. The van der Waals surface area contributed by atoms with E-state index in [-0.39, 0.29) is 5.54 Å². The fourth-order valence-electron chi connectivity index (χ4n) is 2.54. The number of para-hydroxylation sites is 1. The topological polar surface area (TPSA) is 21.3 Å². The fraction of sp³-hybridized carbons (Fsp3) is 0.571. The summed E-state index contributed by atoms with van der Waals surface area (Å²) < 4.78 is 5.40. The molecule has 16 heavy (non-hydrogen) atoms. The molecule has 88 valence electrons. The van der Waals surface area contributed by atoms with Gasteiger partial charge in [0.2, 0.25) is 0 Å². The molecule has 0 aliphatic carbocycles. The lowest BCUT2D eigenvalue weighted by Gasteiger charge is -2.35. The maximum Gasteiger partial charge on any atom is 0.122 e. The van der Waals surface area contributed by atoms with Crippen molar-refractivity contribution in [1.82, 2.24) is 5.32 Å². The van der Waals surface area contributed by atoms with Crippen molar-refractivity contribution < 1.29 is 4.74 Å². The zero-order valence-corrected chi connectivity index (χ0v) is 10.3. The van der Waals surface area contributed by atoms with E-state index in [4.69, 9.17) is 4.74 Å². The Morgan fingerprint density at radius 1 is 1.31 bits per heavy atom. The van der Waals surface area contributed by atoms with Gasteiger partial charge >= 0.3 is 0 Å². The summed E-state index contributed by atoms with van der Waals surface area (Å²) in [5.74, 6) is 1.01. The van der Waals surface area contributed by atoms with E-state index in [0.717, 1.165) is 18.7 Å². The van der Waals surface area contributed by atoms with Gasteiger partial charge in [0.1, 0.15) is 5.75 Å². The molecule has 2 rings (SSSR count). The van der Waals surface area contributed by atoms with Crippen molar-refractivity contribution in [1.29, 1.82) is 0 Å². The fourth-order valence-corrected chi connectivity index (χ4v) is 2.54. The molecule has 1 aliphatic rings. The summed E-state index contributed by atoms with van der Waals surface area (Å²) in [4.78, 5) is 0. The first-order valence-corrected chi connectivity index (χ1v) is 6.10. The van der Waals surface area contributed by atoms with Crippen LogP contribution in [0.5, 0.6) is 5.75 Å². The highest BCUT2D eigenvalue weighted by Crippen LogP contribution is 2.27. The zero-order valence-electron chi connectivity index (χ0n) is 10.3. The van der Waals surface area contributed by atoms with Crippen LogP contribution in [0, 0.1) is 0 Å². The summed E-state index contributed by atoms with van der Waals surface area (Å²) in [7, 11) is 1.75. The molecule has 1 fully saturated rings. The van der Waals surface area contributed by atoms with Crippen LogP contribution in [0.15, 0.2) is 24.3 Å². The molecule has 0 saturated carbocycles. The van der Waals surface area contributed by atoms with Crippen molar-refractivity contribution in [3.63, 3.8) is 0 Å². The Hall–Kier alpha value is -1.02. The quantitative estimate of drug-likeness (QED) is 0.844. The van der Waals surface area contributed by atoms with Crippen LogP contribution < -0.4 is 10.1 Å². The maximum absolute atomic E-state index is 5.40. The number of hydrogen-bond donors (Lipinski definition) is 1. The van der Waals surface area contributed by atoms with Crippen LogP contribution in [0.25, 0.3) is 0 Å². The number of methoxy groups -OCH3 is 1. The summed E-state index contributed by atoms with van der Waals surface area (Å²) >= 11 is 0. The number of rotatable bonds is 3. The van der Waals surface area contributed by atoms with Gasteiger partial charge in [0.05, 0.1) is 7.11 Å². The van der Waals surface area contributed by atoms with Gasteiger partial charge in [0, 0.05) is 5.54 Å². The van der Waals surface area contributed by atoms with Crippen molar-refractivity contribution in [2.75, 3.05) is 13.7 Å².